The fourth-order valence-electron chi connectivity index (χ4n) is 0.930. The second kappa shape index (κ2) is 6.16. The monoisotopic (exact) mass is 158 g/mol. The zero-order chi connectivity index (χ0) is 8.69. The number of rotatable bonds is 5. The Balaban J connectivity index is 3.28. The molecule has 3 nitrogen and oxygen atoms in total. The Kier molecular flexibility index (Phi) is 5.84. The Labute approximate surface area is 68.8 Å². The number of hydrogen-bond acceptors (Lipinski definition) is 2. The van der Waals surface area contributed by atoms with Gasteiger partial charge in [0.2, 0.25) is 5.91 Å². The van der Waals surface area contributed by atoms with Crippen molar-refractivity contribution in [2.24, 2.45) is 0 Å². The molecule has 0 aromatic carbocycles. The minimum Gasteiger partial charge on any atom is -0.355 e. The number of carbonyl (C=O) groups is 1. The predicted octanol–water partition coefficient (Wildman–Crippen LogP) is 0.464. The van der Waals surface area contributed by atoms with Crippen LogP contribution >= 0.6 is 0 Å². The van der Waals surface area contributed by atoms with Gasteiger partial charge in [-0.3, -0.25) is 4.79 Å². The van der Waals surface area contributed by atoms with Gasteiger partial charge in [-0.1, -0.05) is 13.8 Å². The first-order chi connectivity index (χ1) is 5.20. The van der Waals surface area contributed by atoms with Gasteiger partial charge in [-0.25, -0.2) is 0 Å². The summed E-state index contributed by atoms with van der Waals surface area (Å²) < 4.78 is 0. The van der Waals surface area contributed by atoms with Crippen LogP contribution in [0.5, 0.6) is 0 Å². The maximum atomic E-state index is 10.5. The summed E-state index contributed by atoms with van der Waals surface area (Å²) in [4.78, 5) is 12.7. The number of amides is 1. The van der Waals surface area contributed by atoms with Crippen molar-refractivity contribution in [2.75, 3.05) is 26.2 Å². The van der Waals surface area contributed by atoms with Gasteiger partial charge >= 0.3 is 0 Å². The van der Waals surface area contributed by atoms with Crippen molar-refractivity contribution in [3.05, 3.63) is 0 Å². The van der Waals surface area contributed by atoms with Crippen LogP contribution in [0, 0.1) is 0 Å². The number of hydrogen-bond donors (Lipinski definition) is 1. The second-order valence-electron chi connectivity index (χ2n) is 2.51. The number of nitrogens with one attached hydrogen (secondary N) is 1. The number of carbonyl (C=O) groups excluding carboxylic acids is 1. The summed E-state index contributed by atoms with van der Waals surface area (Å²) in [6, 6.07) is 0. The third-order valence-electron chi connectivity index (χ3n) is 1.70. The number of nitrogens with zero attached hydrogens (tertiary/aromatic N) is 1. The van der Waals surface area contributed by atoms with E-state index in [1.54, 1.807) is 6.92 Å². The van der Waals surface area contributed by atoms with Gasteiger partial charge < -0.3 is 10.2 Å². The van der Waals surface area contributed by atoms with Crippen LogP contribution in [0.25, 0.3) is 0 Å². The van der Waals surface area contributed by atoms with Gasteiger partial charge in [0.15, 0.2) is 0 Å². The molecule has 0 heterocycles. The van der Waals surface area contributed by atoms with Crippen LogP contribution in [-0.2, 0) is 4.79 Å². The molecule has 1 N–H and O–H groups in total. The van der Waals surface area contributed by atoms with Crippen molar-refractivity contribution >= 4 is 5.91 Å². The normalized spacial score (nSPS) is 10.2. The van der Waals surface area contributed by atoms with E-state index < -0.39 is 0 Å². The molecule has 0 rings (SSSR count). The van der Waals surface area contributed by atoms with E-state index in [0.717, 1.165) is 26.2 Å². The Hall–Kier alpha value is -0.570. The molecule has 0 bridgehead atoms. The van der Waals surface area contributed by atoms with Crippen LogP contribution in [0.15, 0.2) is 0 Å². The van der Waals surface area contributed by atoms with E-state index in [1.807, 2.05) is 0 Å². The van der Waals surface area contributed by atoms with E-state index in [0.29, 0.717) is 0 Å². The highest BCUT2D eigenvalue weighted by molar-refractivity contribution is 5.72. The minimum absolute atomic E-state index is 0.0529. The molecule has 1 amide bonds. The average Bonchev–Trinajstić information content (AvgIpc) is 1.98. The maximum Gasteiger partial charge on any atom is 0.216 e. The van der Waals surface area contributed by atoms with Gasteiger partial charge in [0.1, 0.15) is 0 Å². The highest BCUT2D eigenvalue weighted by Crippen LogP contribution is 1.83. The molecule has 11 heavy (non-hydrogen) atoms. The molecule has 0 atom stereocenters. The average molecular weight is 158 g/mol. The zero-order valence-corrected chi connectivity index (χ0v) is 7.68. The first kappa shape index (κ1) is 10.4. The first-order valence-electron chi connectivity index (χ1n) is 4.17. The molecule has 0 saturated heterocycles. The molecule has 0 aliphatic heterocycles. The lowest BCUT2D eigenvalue weighted by Gasteiger charge is -2.17. The molecule has 0 saturated carbocycles. The van der Waals surface area contributed by atoms with E-state index in [2.05, 4.69) is 24.1 Å². The van der Waals surface area contributed by atoms with Gasteiger partial charge in [0.25, 0.3) is 0 Å². The quantitative estimate of drug-likeness (QED) is 0.630. The summed E-state index contributed by atoms with van der Waals surface area (Å²) in [5, 5.41) is 2.76. The molecule has 0 aliphatic carbocycles. The Morgan fingerprint density at radius 2 is 1.91 bits per heavy atom. The molecule has 0 aromatic heterocycles. The SMILES string of the molecule is CCN(CC)CCNC(C)=O. The van der Waals surface area contributed by atoms with Crippen LogP contribution in [0.4, 0.5) is 0 Å². The predicted molar refractivity (Wildman–Crippen MR) is 46.5 cm³/mol. The molecule has 0 spiro atoms. The highest BCUT2D eigenvalue weighted by Gasteiger charge is 1.97. The Bertz CT molecular complexity index is 111. The molecule has 0 aliphatic rings. The fraction of sp³-hybridized carbons (Fsp3) is 0.875. The number of likely N-dealkylation sites (N-methyl/N-ethyl adjacent to an activating group) is 1. The smallest absolute Gasteiger partial charge is 0.216 e. The molecule has 0 radical (unpaired) electrons. The summed E-state index contributed by atoms with van der Waals surface area (Å²) in [5.41, 5.74) is 0. The fourth-order valence-corrected chi connectivity index (χ4v) is 0.930. The lowest BCUT2D eigenvalue weighted by atomic mass is 10.4. The summed E-state index contributed by atoms with van der Waals surface area (Å²) in [6.45, 7) is 9.60. The third-order valence-corrected chi connectivity index (χ3v) is 1.70. The van der Waals surface area contributed by atoms with Crippen molar-refractivity contribution in [3.63, 3.8) is 0 Å². The molecule has 0 aromatic rings. The molecule has 0 unspecified atom stereocenters. The lowest BCUT2D eigenvalue weighted by molar-refractivity contribution is -0.119. The molecular formula is C8H18N2O. The highest BCUT2D eigenvalue weighted by atomic mass is 16.1. The largest absolute Gasteiger partial charge is 0.355 e. The van der Waals surface area contributed by atoms with E-state index in [4.69, 9.17) is 0 Å². The topological polar surface area (TPSA) is 32.3 Å². The van der Waals surface area contributed by atoms with Gasteiger partial charge in [0.05, 0.1) is 0 Å². The third kappa shape index (κ3) is 5.85. The minimum atomic E-state index is 0.0529. The second-order valence-corrected chi connectivity index (χ2v) is 2.51. The van der Waals surface area contributed by atoms with Crippen LogP contribution in [0.2, 0.25) is 0 Å². The Morgan fingerprint density at radius 1 is 1.36 bits per heavy atom. The van der Waals surface area contributed by atoms with Crippen LogP contribution in [-0.4, -0.2) is 37.0 Å². The standard InChI is InChI=1S/C8H18N2O/c1-4-10(5-2)7-6-9-8(3)11/h4-7H2,1-3H3,(H,9,11). The van der Waals surface area contributed by atoms with E-state index in [-0.39, 0.29) is 5.91 Å². The van der Waals surface area contributed by atoms with Crippen molar-refractivity contribution < 1.29 is 4.79 Å². The summed E-state index contributed by atoms with van der Waals surface area (Å²) >= 11 is 0. The van der Waals surface area contributed by atoms with Gasteiger partial charge in [-0.2, -0.15) is 0 Å². The van der Waals surface area contributed by atoms with Crippen molar-refractivity contribution in [1.82, 2.24) is 10.2 Å². The van der Waals surface area contributed by atoms with Crippen molar-refractivity contribution in [2.45, 2.75) is 20.8 Å². The molecule has 0 fully saturated rings. The van der Waals surface area contributed by atoms with Gasteiger partial charge in [0, 0.05) is 20.0 Å². The molecule has 66 valence electrons. The Morgan fingerprint density at radius 3 is 2.27 bits per heavy atom. The van der Waals surface area contributed by atoms with Crippen LogP contribution < -0.4 is 5.32 Å². The maximum absolute atomic E-state index is 10.5. The first-order valence-corrected chi connectivity index (χ1v) is 4.17. The summed E-state index contributed by atoms with van der Waals surface area (Å²) in [5.74, 6) is 0.0529. The van der Waals surface area contributed by atoms with E-state index >= 15 is 0 Å². The zero-order valence-electron chi connectivity index (χ0n) is 7.68. The van der Waals surface area contributed by atoms with Crippen LogP contribution in [0.1, 0.15) is 20.8 Å². The van der Waals surface area contributed by atoms with Crippen molar-refractivity contribution in [3.8, 4) is 0 Å². The summed E-state index contributed by atoms with van der Waals surface area (Å²) in [6.07, 6.45) is 0. The van der Waals surface area contributed by atoms with E-state index in [9.17, 15) is 4.79 Å². The molecule has 3 heteroatoms. The van der Waals surface area contributed by atoms with Crippen LogP contribution in [0.3, 0.4) is 0 Å². The van der Waals surface area contributed by atoms with Gasteiger partial charge in [-0.15, -0.1) is 0 Å². The summed E-state index contributed by atoms with van der Waals surface area (Å²) in [7, 11) is 0. The molecular weight excluding hydrogens is 140 g/mol. The van der Waals surface area contributed by atoms with Crippen molar-refractivity contribution in [1.29, 1.82) is 0 Å². The lowest BCUT2D eigenvalue weighted by Crippen LogP contribution is -2.33. The van der Waals surface area contributed by atoms with E-state index in [1.165, 1.54) is 0 Å². The van der Waals surface area contributed by atoms with Gasteiger partial charge in [-0.05, 0) is 13.1 Å².